The Balaban J connectivity index is 1.69. The summed E-state index contributed by atoms with van der Waals surface area (Å²) in [5, 5.41) is 5.24. The molecule has 2 aromatic heterocycles. The molecule has 7 nitrogen and oxygen atoms in total. The zero-order valence-corrected chi connectivity index (χ0v) is 18.5. The van der Waals surface area contributed by atoms with E-state index < -0.39 is 5.69 Å². The van der Waals surface area contributed by atoms with Crippen molar-refractivity contribution in [3.63, 3.8) is 0 Å². The number of carbonyl (C=O) groups excluding carboxylic acids is 1. The van der Waals surface area contributed by atoms with E-state index in [0.717, 1.165) is 15.8 Å². The summed E-state index contributed by atoms with van der Waals surface area (Å²) in [5.41, 5.74) is 2.09. The standard InChI is InChI=1S/C25H19ClN4O3/c1-16-9-11-17(12-10-16)14-28-23(32)20-7-2-3-8-21(20)30-24(28)27-29(25(30)33)15-22(31)18-5-4-6-19(26)13-18/h2-13H,14-15H2,1H3. The fraction of sp³-hybridized carbons (Fsp3) is 0.120. The summed E-state index contributed by atoms with van der Waals surface area (Å²) in [5.74, 6) is -0.122. The largest absolute Gasteiger partial charge is 0.352 e. The summed E-state index contributed by atoms with van der Waals surface area (Å²) in [6, 6.07) is 21.2. The summed E-state index contributed by atoms with van der Waals surface area (Å²) in [4.78, 5) is 39.4. The Morgan fingerprint density at radius 1 is 0.970 bits per heavy atom. The van der Waals surface area contributed by atoms with Crippen molar-refractivity contribution in [3.8, 4) is 0 Å². The third-order valence-corrected chi connectivity index (χ3v) is 5.82. The minimum atomic E-state index is -0.491. The molecule has 0 radical (unpaired) electrons. The summed E-state index contributed by atoms with van der Waals surface area (Å²) >= 11 is 6.00. The van der Waals surface area contributed by atoms with Crippen LogP contribution in [0.3, 0.4) is 0 Å². The first-order valence-electron chi connectivity index (χ1n) is 10.4. The molecule has 8 heteroatoms. The highest BCUT2D eigenvalue weighted by Crippen LogP contribution is 2.14. The van der Waals surface area contributed by atoms with Crippen LogP contribution >= 0.6 is 11.6 Å². The maximum atomic E-state index is 13.3. The number of aryl methyl sites for hydroxylation is 1. The zero-order valence-electron chi connectivity index (χ0n) is 17.7. The van der Waals surface area contributed by atoms with Gasteiger partial charge >= 0.3 is 5.69 Å². The van der Waals surface area contributed by atoms with E-state index in [1.165, 1.54) is 8.97 Å². The number of benzene rings is 3. The molecular weight excluding hydrogens is 440 g/mol. The van der Waals surface area contributed by atoms with Crippen LogP contribution in [0, 0.1) is 6.92 Å². The highest BCUT2D eigenvalue weighted by Gasteiger charge is 2.19. The van der Waals surface area contributed by atoms with Crippen molar-refractivity contribution in [2.75, 3.05) is 0 Å². The molecule has 0 fully saturated rings. The quantitative estimate of drug-likeness (QED) is 0.376. The third kappa shape index (κ3) is 3.76. The number of fused-ring (bicyclic) bond motifs is 3. The van der Waals surface area contributed by atoms with Crippen molar-refractivity contribution in [1.29, 1.82) is 0 Å². The van der Waals surface area contributed by atoms with Gasteiger partial charge in [0, 0.05) is 10.6 Å². The van der Waals surface area contributed by atoms with E-state index in [9.17, 15) is 14.4 Å². The maximum Gasteiger partial charge on any atom is 0.352 e. The fourth-order valence-corrected chi connectivity index (χ4v) is 4.07. The number of Topliss-reactive ketones (excluding diaryl/α,β-unsaturated/α-hetero) is 1. The third-order valence-electron chi connectivity index (χ3n) is 5.59. The van der Waals surface area contributed by atoms with Gasteiger partial charge in [-0.1, -0.05) is 65.7 Å². The van der Waals surface area contributed by atoms with E-state index >= 15 is 0 Å². The number of aromatic nitrogens is 4. The second-order valence-corrected chi connectivity index (χ2v) is 8.34. The molecule has 0 atom stereocenters. The fourth-order valence-electron chi connectivity index (χ4n) is 3.88. The first-order valence-corrected chi connectivity index (χ1v) is 10.8. The Kier molecular flexibility index (Phi) is 5.18. The molecule has 0 saturated carbocycles. The summed E-state index contributed by atoms with van der Waals surface area (Å²) in [6.07, 6.45) is 0. The van der Waals surface area contributed by atoms with Gasteiger partial charge in [-0.25, -0.2) is 13.9 Å². The number of hydrogen-bond donors (Lipinski definition) is 0. The van der Waals surface area contributed by atoms with E-state index in [4.69, 9.17) is 11.6 Å². The Morgan fingerprint density at radius 2 is 1.73 bits per heavy atom. The van der Waals surface area contributed by atoms with Crippen molar-refractivity contribution >= 4 is 34.1 Å². The van der Waals surface area contributed by atoms with Crippen LogP contribution in [0.1, 0.15) is 21.5 Å². The topological polar surface area (TPSA) is 78.4 Å². The molecule has 3 aromatic carbocycles. The number of para-hydroxylation sites is 1. The zero-order chi connectivity index (χ0) is 23.1. The van der Waals surface area contributed by atoms with Crippen LogP contribution < -0.4 is 11.2 Å². The van der Waals surface area contributed by atoms with Gasteiger partial charge in [0.25, 0.3) is 5.56 Å². The monoisotopic (exact) mass is 458 g/mol. The van der Waals surface area contributed by atoms with Crippen LogP contribution in [0.25, 0.3) is 16.7 Å². The molecule has 0 spiro atoms. The molecule has 0 aliphatic carbocycles. The van der Waals surface area contributed by atoms with Crippen molar-refractivity contribution < 1.29 is 4.79 Å². The highest BCUT2D eigenvalue weighted by atomic mass is 35.5. The smallest absolute Gasteiger partial charge is 0.292 e. The van der Waals surface area contributed by atoms with Crippen LogP contribution in [0.5, 0.6) is 0 Å². The van der Waals surface area contributed by atoms with Gasteiger partial charge in [-0.2, -0.15) is 0 Å². The van der Waals surface area contributed by atoms with Gasteiger partial charge in [0.1, 0.15) is 6.54 Å². The molecule has 164 valence electrons. The number of carbonyl (C=O) groups is 1. The van der Waals surface area contributed by atoms with Crippen LogP contribution in [0.2, 0.25) is 5.02 Å². The number of nitrogens with zero attached hydrogens (tertiary/aromatic N) is 4. The number of halogens is 1. The molecule has 0 aliphatic rings. The van der Waals surface area contributed by atoms with E-state index in [-0.39, 0.29) is 30.2 Å². The lowest BCUT2D eigenvalue weighted by Gasteiger charge is -2.10. The van der Waals surface area contributed by atoms with Gasteiger partial charge in [0.05, 0.1) is 17.4 Å². The molecule has 0 saturated heterocycles. The molecule has 0 amide bonds. The molecule has 0 N–H and O–H groups in total. The Bertz CT molecular complexity index is 1650. The average Bonchev–Trinajstić information content (AvgIpc) is 3.13. The summed E-state index contributed by atoms with van der Waals surface area (Å²) < 4.78 is 3.95. The predicted molar refractivity (Wildman–Crippen MR) is 127 cm³/mol. The minimum absolute atomic E-state index is 0.183. The van der Waals surface area contributed by atoms with Crippen molar-refractivity contribution in [2.24, 2.45) is 0 Å². The van der Waals surface area contributed by atoms with E-state index in [0.29, 0.717) is 21.5 Å². The molecule has 2 heterocycles. The van der Waals surface area contributed by atoms with E-state index in [1.807, 2.05) is 31.2 Å². The first-order chi connectivity index (χ1) is 15.9. The van der Waals surface area contributed by atoms with Gasteiger partial charge in [0.2, 0.25) is 5.78 Å². The van der Waals surface area contributed by atoms with Gasteiger partial charge < -0.3 is 0 Å². The lowest BCUT2D eigenvalue weighted by Crippen LogP contribution is -2.27. The SMILES string of the molecule is Cc1ccc(Cn2c(=O)c3ccccc3n3c(=O)n(CC(=O)c4cccc(Cl)c4)nc23)cc1. The second kappa shape index (κ2) is 8.18. The second-order valence-electron chi connectivity index (χ2n) is 7.90. The Hall–Kier alpha value is -3.97. The van der Waals surface area contributed by atoms with Gasteiger partial charge in [-0.05, 0) is 36.8 Å². The van der Waals surface area contributed by atoms with Gasteiger partial charge in [-0.15, -0.1) is 5.10 Å². The molecule has 5 rings (SSSR count). The molecular formula is C25H19ClN4O3. The van der Waals surface area contributed by atoms with E-state index in [2.05, 4.69) is 5.10 Å². The summed E-state index contributed by atoms with van der Waals surface area (Å²) in [6.45, 7) is 1.96. The lowest BCUT2D eigenvalue weighted by molar-refractivity contribution is 0.0966. The first kappa shape index (κ1) is 20.9. The lowest BCUT2D eigenvalue weighted by atomic mass is 10.1. The Labute approximate surface area is 193 Å². The van der Waals surface area contributed by atoms with Crippen LogP contribution in [-0.4, -0.2) is 24.5 Å². The molecule has 33 heavy (non-hydrogen) atoms. The van der Waals surface area contributed by atoms with Crippen molar-refractivity contribution in [3.05, 3.63) is 115 Å². The van der Waals surface area contributed by atoms with E-state index in [1.54, 1.807) is 48.5 Å². The number of ketones is 1. The van der Waals surface area contributed by atoms with Crippen LogP contribution in [0.4, 0.5) is 0 Å². The predicted octanol–water partition coefficient (Wildman–Crippen LogP) is 3.70. The molecule has 5 aromatic rings. The Morgan fingerprint density at radius 3 is 2.48 bits per heavy atom. The van der Waals surface area contributed by atoms with Crippen molar-refractivity contribution in [1.82, 2.24) is 18.7 Å². The van der Waals surface area contributed by atoms with Crippen LogP contribution in [-0.2, 0) is 13.1 Å². The summed E-state index contributed by atoms with van der Waals surface area (Å²) in [7, 11) is 0. The van der Waals surface area contributed by atoms with Crippen LogP contribution in [0.15, 0.2) is 82.4 Å². The molecule has 0 aliphatic heterocycles. The maximum absolute atomic E-state index is 13.3. The highest BCUT2D eigenvalue weighted by molar-refractivity contribution is 6.31. The minimum Gasteiger partial charge on any atom is -0.292 e. The average molecular weight is 459 g/mol. The number of rotatable bonds is 5. The normalized spacial score (nSPS) is 11.3. The number of hydrogen-bond acceptors (Lipinski definition) is 4. The van der Waals surface area contributed by atoms with Crippen molar-refractivity contribution in [2.45, 2.75) is 20.0 Å². The van der Waals surface area contributed by atoms with Gasteiger partial charge in [0.15, 0.2) is 5.78 Å². The molecule has 0 unspecified atom stereocenters. The molecule has 0 bridgehead atoms. The van der Waals surface area contributed by atoms with Gasteiger partial charge in [-0.3, -0.25) is 14.2 Å².